The van der Waals surface area contributed by atoms with Gasteiger partial charge in [0.2, 0.25) is 0 Å². The number of carbonyl (C=O) groups excluding carboxylic acids is 1. The molecule has 2 amide bonds. The largest absolute Gasteiger partial charge is 0.497 e. The van der Waals surface area contributed by atoms with Crippen molar-refractivity contribution in [3.8, 4) is 5.75 Å². The number of hydrogen-bond donors (Lipinski definition) is 2. The number of carbonyl (C=O) groups is 1. The second-order valence-electron chi connectivity index (χ2n) is 5.19. The van der Waals surface area contributed by atoms with Crippen LogP contribution in [0.5, 0.6) is 5.75 Å². The number of nitrogens with one attached hydrogen (secondary N) is 2. The van der Waals surface area contributed by atoms with Gasteiger partial charge < -0.3 is 10.1 Å². The first-order valence-corrected chi connectivity index (χ1v) is 8.88. The van der Waals surface area contributed by atoms with Crippen LogP contribution in [0.1, 0.15) is 25.5 Å². The molecule has 0 radical (unpaired) electrons. The van der Waals surface area contributed by atoms with E-state index in [0.29, 0.717) is 11.7 Å². The standard InChI is InChI=1S/C17H24N4O2S/c1-4-21(5-2)15(13-7-6-8-14(11-13)23-3)12-19-16(22)20-17-18-9-10-24-17/h6-11,15H,4-5,12H2,1-3H3,(H2,18,19,20,22)/t15-/m1/s1. The summed E-state index contributed by atoms with van der Waals surface area (Å²) in [6.45, 7) is 6.53. The molecule has 0 saturated heterocycles. The highest BCUT2D eigenvalue weighted by Crippen LogP contribution is 2.23. The Kier molecular flexibility index (Phi) is 7.02. The minimum Gasteiger partial charge on any atom is -0.497 e. The molecule has 0 aliphatic heterocycles. The number of likely N-dealkylation sites (N-methyl/N-ethyl adjacent to an activating group) is 1. The maximum absolute atomic E-state index is 12.1. The number of urea groups is 1. The molecule has 1 aromatic heterocycles. The highest BCUT2D eigenvalue weighted by Gasteiger charge is 2.19. The van der Waals surface area contributed by atoms with E-state index in [1.165, 1.54) is 11.3 Å². The van der Waals surface area contributed by atoms with Gasteiger partial charge in [0.15, 0.2) is 5.13 Å². The molecule has 1 atom stereocenters. The highest BCUT2D eigenvalue weighted by molar-refractivity contribution is 7.13. The van der Waals surface area contributed by atoms with E-state index >= 15 is 0 Å². The smallest absolute Gasteiger partial charge is 0.321 e. The van der Waals surface area contributed by atoms with Crippen molar-refractivity contribution >= 4 is 22.5 Å². The molecule has 0 aliphatic carbocycles. The van der Waals surface area contributed by atoms with Gasteiger partial charge >= 0.3 is 6.03 Å². The lowest BCUT2D eigenvalue weighted by molar-refractivity contribution is 0.209. The van der Waals surface area contributed by atoms with Crippen molar-refractivity contribution in [2.75, 3.05) is 32.1 Å². The number of nitrogens with zero attached hydrogens (tertiary/aromatic N) is 2. The summed E-state index contributed by atoms with van der Waals surface area (Å²) in [5, 5.41) is 8.10. The minimum absolute atomic E-state index is 0.0807. The monoisotopic (exact) mass is 348 g/mol. The van der Waals surface area contributed by atoms with Crippen molar-refractivity contribution in [2.24, 2.45) is 0 Å². The molecule has 0 fully saturated rings. The van der Waals surface area contributed by atoms with Crippen LogP contribution in [-0.2, 0) is 0 Å². The van der Waals surface area contributed by atoms with Gasteiger partial charge in [-0.1, -0.05) is 26.0 Å². The average Bonchev–Trinajstić information content (AvgIpc) is 3.11. The normalized spacial score (nSPS) is 12.0. The van der Waals surface area contributed by atoms with Crippen LogP contribution >= 0.6 is 11.3 Å². The Morgan fingerprint density at radius 1 is 1.38 bits per heavy atom. The van der Waals surface area contributed by atoms with Gasteiger partial charge in [-0.15, -0.1) is 11.3 Å². The molecule has 2 rings (SSSR count). The van der Waals surface area contributed by atoms with Crippen LogP contribution < -0.4 is 15.4 Å². The quantitative estimate of drug-likeness (QED) is 0.768. The van der Waals surface area contributed by atoms with Gasteiger partial charge in [-0.25, -0.2) is 9.78 Å². The van der Waals surface area contributed by atoms with E-state index in [0.717, 1.165) is 24.4 Å². The molecular weight excluding hydrogens is 324 g/mol. The molecule has 6 nitrogen and oxygen atoms in total. The van der Waals surface area contributed by atoms with Crippen LogP contribution in [0.2, 0.25) is 0 Å². The molecule has 0 bridgehead atoms. The zero-order valence-electron chi connectivity index (χ0n) is 14.3. The van der Waals surface area contributed by atoms with E-state index in [-0.39, 0.29) is 12.1 Å². The predicted octanol–water partition coefficient (Wildman–Crippen LogP) is 3.36. The minimum atomic E-state index is -0.245. The molecule has 7 heteroatoms. The fourth-order valence-corrected chi connectivity index (χ4v) is 3.11. The Hall–Kier alpha value is -2.12. The number of benzene rings is 1. The summed E-state index contributed by atoms with van der Waals surface area (Å²) in [5.74, 6) is 0.817. The molecule has 1 heterocycles. The molecule has 2 aromatic rings. The molecular formula is C17H24N4O2S. The SMILES string of the molecule is CCN(CC)[C@H](CNC(=O)Nc1nccs1)c1cccc(OC)c1. The lowest BCUT2D eigenvalue weighted by atomic mass is 10.0. The van der Waals surface area contributed by atoms with Gasteiger partial charge in [0, 0.05) is 18.1 Å². The third-order valence-electron chi connectivity index (χ3n) is 3.84. The van der Waals surface area contributed by atoms with Gasteiger partial charge in [-0.3, -0.25) is 10.2 Å². The summed E-state index contributed by atoms with van der Waals surface area (Å²) in [7, 11) is 1.66. The van der Waals surface area contributed by atoms with Gasteiger partial charge in [-0.2, -0.15) is 0 Å². The van der Waals surface area contributed by atoms with E-state index in [1.54, 1.807) is 13.3 Å². The Bertz CT molecular complexity index is 629. The van der Waals surface area contributed by atoms with Crippen molar-refractivity contribution in [3.63, 3.8) is 0 Å². The summed E-state index contributed by atoms with van der Waals surface area (Å²) in [4.78, 5) is 18.4. The summed E-state index contributed by atoms with van der Waals surface area (Å²) >= 11 is 1.39. The van der Waals surface area contributed by atoms with Gasteiger partial charge in [0.05, 0.1) is 13.2 Å². The first-order valence-electron chi connectivity index (χ1n) is 8.00. The average molecular weight is 348 g/mol. The lowest BCUT2D eigenvalue weighted by Crippen LogP contribution is -2.39. The third kappa shape index (κ3) is 4.94. The number of anilines is 1. The Morgan fingerprint density at radius 2 is 2.17 bits per heavy atom. The van der Waals surface area contributed by atoms with Crippen molar-refractivity contribution in [1.29, 1.82) is 0 Å². The second-order valence-corrected chi connectivity index (χ2v) is 6.08. The van der Waals surface area contributed by atoms with Crippen LogP contribution in [0.3, 0.4) is 0 Å². The van der Waals surface area contributed by atoms with E-state index in [4.69, 9.17) is 4.74 Å². The first kappa shape index (κ1) is 18.2. The zero-order chi connectivity index (χ0) is 17.4. The van der Waals surface area contributed by atoms with E-state index in [1.807, 2.05) is 23.6 Å². The molecule has 0 aliphatic rings. The van der Waals surface area contributed by atoms with Crippen molar-refractivity contribution in [1.82, 2.24) is 15.2 Å². The topological polar surface area (TPSA) is 66.5 Å². The van der Waals surface area contributed by atoms with E-state index in [2.05, 4.69) is 40.4 Å². The summed E-state index contributed by atoms with van der Waals surface area (Å²) in [6.07, 6.45) is 1.66. The number of amides is 2. The van der Waals surface area contributed by atoms with Crippen molar-refractivity contribution < 1.29 is 9.53 Å². The number of methoxy groups -OCH3 is 1. The number of aromatic nitrogens is 1. The summed E-state index contributed by atoms with van der Waals surface area (Å²) in [6, 6.07) is 7.81. The fraction of sp³-hybridized carbons (Fsp3) is 0.412. The molecule has 0 spiro atoms. The number of rotatable bonds is 8. The van der Waals surface area contributed by atoms with Crippen LogP contribution in [0.4, 0.5) is 9.93 Å². The van der Waals surface area contributed by atoms with Crippen LogP contribution in [-0.4, -0.2) is 42.7 Å². The maximum atomic E-state index is 12.1. The molecule has 130 valence electrons. The van der Waals surface area contributed by atoms with Crippen LogP contribution in [0, 0.1) is 0 Å². The number of hydrogen-bond acceptors (Lipinski definition) is 5. The Balaban J connectivity index is 2.06. The predicted molar refractivity (Wildman–Crippen MR) is 97.8 cm³/mol. The van der Waals surface area contributed by atoms with Crippen LogP contribution in [0.25, 0.3) is 0 Å². The molecule has 24 heavy (non-hydrogen) atoms. The second kappa shape index (κ2) is 9.24. The summed E-state index contributed by atoms with van der Waals surface area (Å²) in [5.41, 5.74) is 1.12. The number of thiazole rings is 1. The van der Waals surface area contributed by atoms with Gasteiger partial charge in [0.25, 0.3) is 0 Å². The van der Waals surface area contributed by atoms with Gasteiger partial charge in [0.1, 0.15) is 5.75 Å². The molecule has 2 N–H and O–H groups in total. The number of ether oxygens (including phenoxy) is 1. The fourth-order valence-electron chi connectivity index (χ4n) is 2.59. The lowest BCUT2D eigenvalue weighted by Gasteiger charge is -2.30. The van der Waals surface area contributed by atoms with E-state index in [9.17, 15) is 4.79 Å². The summed E-state index contributed by atoms with van der Waals surface area (Å²) < 4.78 is 5.32. The van der Waals surface area contributed by atoms with Crippen LogP contribution in [0.15, 0.2) is 35.8 Å². The highest BCUT2D eigenvalue weighted by atomic mass is 32.1. The van der Waals surface area contributed by atoms with Gasteiger partial charge in [-0.05, 0) is 30.8 Å². The van der Waals surface area contributed by atoms with Crippen molar-refractivity contribution in [3.05, 3.63) is 41.4 Å². The molecule has 1 aromatic carbocycles. The zero-order valence-corrected chi connectivity index (χ0v) is 15.1. The Morgan fingerprint density at radius 3 is 2.79 bits per heavy atom. The third-order valence-corrected chi connectivity index (χ3v) is 4.53. The van der Waals surface area contributed by atoms with E-state index < -0.39 is 0 Å². The maximum Gasteiger partial charge on any atom is 0.321 e. The molecule has 0 saturated carbocycles. The Labute approximate surface area is 146 Å². The molecule has 0 unspecified atom stereocenters. The first-order chi connectivity index (χ1) is 11.7. The van der Waals surface area contributed by atoms with Crippen molar-refractivity contribution in [2.45, 2.75) is 19.9 Å².